The van der Waals surface area contributed by atoms with E-state index in [0.717, 1.165) is 6.42 Å². The van der Waals surface area contributed by atoms with Crippen molar-refractivity contribution in [3.8, 4) is 11.5 Å². The molecule has 0 spiro atoms. The molecule has 0 saturated heterocycles. The number of aryl methyl sites for hydroxylation is 1. The maximum absolute atomic E-state index is 5.97. The van der Waals surface area contributed by atoms with Crippen molar-refractivity contribution in [2.24, 2.45) is 0 Å². The van der Waals surface area contributed by atoms with E-state index in [2.05, 4.69) is 15.1 Å². The highest BCUT2D eigenvalue weighted by Gasteiger charge is 2.12. The van der Waals surface area contributed by atoms with Crippen LogP contribution in [-0.2, 0) is 6.42 Å². The van der Waals surface area contributed by atoms with Gasteiger partial charge in [0.15, 0.2) is 0 Å². The zero-order valence-corrected chi connectivity index (χ0v) is 9.87. The summed E-state index contributed by atoms with van der Waals surface area (Å²) >= 11 is 11.5. The Morgan fingerprint density at radius 1 is 1.38 bits per heavy atom. The monoisotopic (exact) mass is 257 g/mol. The van der Waals surface area contributed by atoms with E-state index in [9.17, 15) is 0 Å². The number of alkyl halides is 1. The van der Waals surface area contributed by atoms with E-state index < -0.39 is 0 Å². The van der Waals surface area contributed by atoms with Crippen LogP contribution < -0.4 is 0 Å². The van der Waals surface area contributed by atoms with Crippen molar-refractivity contribution in [1.29, 1.82) is 0 Å². The van der Waals surface area contributed by atoms with Crippen molar-refractivity contribution in [2.75, 3.05) is 5.88 Å². The summed E-state index contributed by atoms with van der Waals surface area (Å²) in [6.45, 7) is 0. The van der Waals surface area contributed by atoms with E-state index in [1.807, 2.05) is 0 Å². The van der Waals surface area contributed by atoms with E-state index in [4.69, 9.17) is 27.7 Å². The molecular formula is C10H9Cl2N3O. The lowest BCUT2D eigenvalue weighted by Gasteiger charge is -1.94. The molecule has 2 heterocycles. The van der Waals surface area contributed by atoms with Gasteiger partial charge in [0.25, 0.3) is 0 Å². The Hall–Kier alpha value is -1.13. The van der Waals surface area contributed by atoms with Crippen LogP contribution in [0.5, 0.6) is 0 Å². The fourth-order valence-electron chi connectivity index (χ4n) is 1.22. The Bertz CT molecular complexity index is 473. The quantitative estimate of drug-likeness (QED) is 0.791. The Labute approximate surface area is 103 Å². The van der Waals surface area contributed by atoms with Gasteiger partial charge in [0.1, 0.15) is 5.69 Å². The Balaban J connectivity index is 2.22. The van der Waals surface area contributed by atoms with E-state index in [0.29, 0.717) is 34.7 Å². The molecular weight excluding hydrogens is 249 g/mol. The highest BCUT2D eigenvalue weighted by Crippen LogP contribution is 2.22. The van der Waals surface area contributed by atoms with Gasteiger partial charge in [-0.15, -0.1) is 11.6 Å². The van der Waals surface area contributed by atoms with Crippen LogP contribution in [0.4, 0.5) is 0 Å². The third kappa shape index (κ3) is 2.51. The molecule has 6 heteroatoms. The maximum atomic E-state index is 5.97. The smallest absolute Gasteiger partial charge is 0.227 e. The predicted octanol–water partition coefficient (Wildman–Crippen LogP) is 2.96. The van der Waals surface area contributed by atoms with Crippen molar-refractivity contribution in [2.45, 2.75) is 12.8 Å². The maximum Gasteiger partial charge on any atom is 0.227 e. The summed E-state index contributed by atoms with van der Waals surface area (Å²) in [5, 5.41) is 4.33. The number of nitrogens with zero attached hydrogens (tertiary/aromatic N) is 3. The molecule has 2 rings (SSSR count). The molecule has 0 aliphatic rings. The van der Waals surface area contributed by atoms with E-state index in [-0.39, 0.29) is 0 Å². The normalized spacial score (nSPS) is 10.6. The van der Waals surface area contributed by atoms with Crippen molar-refractivity contribution in [1.82, 2.24) is 15.1 Å². The summed E-state index contributed by atoms with van der Waals surface area (Å²) in [5.41, 5.74) is 0.532. The molecule has 84 valence electrons. The molecule has 2 aromatic heterocycles. The molecule has 0 saturated carbocycles. The Kier molecular flexibility index (Phi) is 3.74. The molecule has 0 bridgehead atoms. The lowest BCUT2D eigenvalue weighted by atomic mass is 10.3. The predicted molar refractivity (Wildman–Crippen MR) is 61.6 cm³/mol. The topological polar surface area (TPSA) is 51.8 Å². The summed E-state index contributed by atoms with van der Waals surface area (Å²) in [7, 11) is 0. The molecule has 0 fully saturated rings. The average Bonchev–Trinajstić information content (AvgIpc) is 2.75. The van der Waals surface area contributed by atoms with Gasteiger partial charge >= 0.3 is 0 Å². The molecule has 0 N–H and O–H groups in total. The summed E-state index contributed by atoms with van der Waals surface area (Å²) < 4.78 is 5.06. The molecule has 0 amide bonds. The fourth-order valence-corrected chi connectivity index (χ4v) is 1.56. The van der Waals surface area contributed by atoms with Crippen molar-refractivity contribution < 1.29 is 4.52 Å². The second kappa shape index (κ2) is 5.27. The molecule has 2 aromatic rings. The van der Waals surface area contributed by atoms with Gasteiger partial charge in [-0.25, -0.2) is 0 Å². The molecule has 0 aliphatic carbocycles. The third-order valence-electron chi connectivity index (χ3n) is 1.96. The molecule has 0 unspecified atom stereocenters. The zero-order valence-electron chi connectivity index (χ0n) is 8.36. The van der Waals surface area contributed by atoms with Crippen molar-refractivity contribution in [3.05, 3.63) is 29.2 Å². The van der Waals surface area contributed by atoms with E-state index >= 15 is 0 Å². The minimum Gasteiger partial charge on any atom is -0.339 e. The van der Waals surface area contributed by atoms with Crippen LogP contribution in [-0.4, -0.2) is 21.0 Å². The highest BCUT2D eigenvalue weighted by molar-refractivity contribution is 6.32. The number of halogens is 2. The second-order valence-electron chi connectivity index (χ2n) is 3.14. The summed E-state index contributed by atoms with van der Waals surface area (Å²) in [6.07, 6.45) is 3.11. The van der Waals surface area contributed by atoms with Gasteiger partial charge in [-0.2, -0.15) is 4.98 Å². The fraction of sp³-hybridized carbons (Fsp3) is 0.300. The molecule has 0 aliphatic heterocycles. The summed E-state index contributed by atoms with van der Waals surface area (Å²) in [6, 6.07) is 3.49. The first-order chi connectivity index (χ1) is 7.81. The second-order valence-corrected chi connectivity index (χ2v) is 3.92. The standard InChI is InChI=1S/C10H9Cl2N3O/c11-5-1-4-8-14-10(15-16-8)9-7(12)3-2-6-13-9/h2-3,6H,1,4-5H2. The molecule has 16 heavy (non-hydrogen) atoms. The zero-order chi connectivity index (χ0) is 11.4. The van der Waals surface area contributed by atoms with Crippen LogP contribution in [0.1, 0.15) is 12.3 Å². The highest BCUT2D eigenvalue weighted by atomic mass is 35.5. The van der Waals surface area contributed by atoms with Gasteiger partial charge in [-0.1, -0.05) is 16.8 Å². The average molecular weight is 258 g/mol. The van der Waals surface area contributed by atoms with Crippen LogP contribution in [0.15, 0.2) is 22.9 Å². The van der Waals surface area contributed by atoms with Crippen molar-refractivity contribution in [3.63, 3.8) is 0 Å². The van der Waals surface area contributed by atoms with E-state index in [1.165, 1.54) is 0 Å². The lowest BCUT2D eigenvalue weighted by Crippen LogP contribution is -1.88. The lowest BCUT2D eigenvalue weighted by molar-refractivity contribution is 0.378. The Morgan fingerprint density at radius 3 is 3.00 bits per heavy atom. The first kappa shape index (κ1) is 11.4. The Morgan fingerprint density at radius 2 is 2.25 bits per heavy atom. The summed E-state index contributed by atoms with van der Waals surface area (Å²) in [5.74, 6) is 1.54. The van der Waals surface area contributed by atoms with Crippen LogP contribution in [0, 0.1) is 0 Å². The number of pyridine rings is 1. The number of hydrogen-bond acceptors (Lipinski definition) is 4. The van der Waals surface area contributed by atoms with Gasteiger partial charge in [0.2, 0.25) is 11.7 Å². The van der Waals surface area contributed by atoms with Gasteiger partial charge in [0.05, 0.1) is 5.02 Å². The molecule has 4 nitrogen and oxygen atoms in total. The molecule has 0 atom stereocenters. The van der Waals surface area contributed by atoms with Gasteiger partial charge < -0.3 is 4.52 Å². The SMILES string of the molecule is ClCCCc1nc(-c2ncccc2Cl)no1. The van der Waals surface area contributed by atoms with Crippen LogP contribution >= 0.6 is 23.2 Å². The van der Waals surface area contributed by atoms with Gasteiger partial charge in [-0.05, 0) is 18.6 Å². The largest absolute Gasteiger partial charge is 0.339 e. The number of hydrogen-bond donors (Lipinski definition) is 0. The first-order valence-corrected chi connectivity index (χ1v) is 5.72. The first-order valence-electron chi connectivity index (χ1n) is 4.80. The number of aromatic nitrogens is 3. The van der Waals surface area contributed by atoms with Crippen LogP contribution in [0.25, 0.3) is 11.5 Å². The van der Waals surface area contributed by atoms with Gasteiger partial charge in [-0.3, -0.25) is 4.98 Å². The minimum absolute atomic E-state index is 0.412. The van der Waals surface area contributed by atoms with Crippen molar-refractivity contribution >= 4 is 23.2 Å². The summed E-state index contributed by atoms with van der Waals surface area (Å²) in [4.78, 5) is 8.29. The third-order valence-corrected chi connectivity index (χ3v) is 2.53. The molecule has 0 aromatic carbocycles. The van der Waals surface area contributed by atoms with Crippen LogP contribution in [0.3, 0.4) is 0 Å². The van der Waals surface area contributed by atoms with E-state index in [1.54, 1.807) is 18.3 Å². The number of rotatable bonds is 4. The molecule has 0 radical (unpaired) electrons. The van der Waals surface area contributed by atoms with Gasteiger partial charge in [0, 0.05) is 18.5 Å². The van der Waals surface area contributed by atoms with Crippen LogP contribution in [0.2, 0.25) is 5.02 Å². The minimum atomic E-state index is 0.412.